The first-order valence-electron chi connectivity index (χ1n) is 4.59. The van der Waals surface area contributed by atoms with Gasteiger partial charge < -0.3 is 19.8 Å². The molecule has 0 saturated heterocycles. The molecule has 4 nitrogen and oxygen atoms in total. The second kappa shape index (κ2) is 2.90. The van der Waals surface area contributed by atoms with Crippen LogP contribution in [0.25, 0.3) is 0 Å². The van der Waals surface area contributed by atoms with Crippen molar-refractivity contribution < 1.29 is 14.0 Å². The van der Waals surface area contributed by atoms with Crippen LogP contribution in [0.2, 0.25) is 0 Å². The molecule has 0 aromatic carbocycles. The first kappa shape index (κ1) is 8.14. The molecule has 3 aliphatic heterocycles. The summed E-state index contributed by atoms with van der Waals surface area (Å²) in [5, 5.41) is 0. The fourth-order valence-corrected chi connectivity index (χ4v) is 1.97. The third kappa shape index (κ3) is 1.03. The van der Waals surface area contributed by atoms with Gasteiger partial charge in [-0.1, -0.05) is 6.08 Å². The van der Waals surface area contributed by atoms with Crippen molar-refractivity contribution in [3.05, 3.63) is 34.7 Å². The van der Waals surface area contributed by atoms with Gasteiger partial charge in [-0.3, -0.25) is 0 Å². The zero-order valence-electron chi connectivity index (χ0n) is 7.66. The topological polar surface area (TPSA) is 53.7 Å². The van der Waals surface area contributed by atoms with E-state index in [9.17, 15) is 0 Å². The van der Waals surface area contributed by atoms with Crippen LogP contribution in [0.4, 0.5) is 0 Å². The van der Waals surface area contributed by atoms with Gasteiger partial charge in [0.1, 0.15) is 12.9 Å². The van der Waals surface area contributed by atoms with E-state index in [1.165, 1.54) is 0 Å². The summed E-state index contributed by atoms with van der Waals surface area (Å²) in [6.45, 7) is 1.68. The Kier molecular flexibility index (Phi) is 1.69. The molecule has 0 aromatic heterocycles. The van der Waals surface area contributed by atoms with E-state index in [4.69, 9.17) is 19.8 Å². The van der Waals surface area contributed by atoms with Crippen molar-refractivity contribution in [1.82, 2.24) is 0 Å². The van der Waals surface area contributed by atoms with Crippen molar-refractivity contribution in [3.8, 4) is 0 Å². The molecule has 2 N–H and O–H groups in total. The molecule has 3 aliphatic rings. The molecule has 0 unspecified atom stereocenters. The molecule has 0 spiro atoms. The van der Waals surface area contributed by atoms with E-state index < -0.39 is 0 Å². The molecule has 0 amide bonds. The highest BCUT2D eigenvalue weighted by molar-refractivity contribution is 6.57. The van der Waals surface area contributed by atoms with Crippen molar-refractivity contribution in [2.24, 2.45) is 5.73 Å². The first-order valence-corrected chi connectivity index (χ1v) is 4.59. The molecule has 0 fully saturated rings. The van der Waals surface area contributed by atoms with Crippen LogP contribution in [-0.2, 0) is 14.0 Å². The SMILES string of the molecule is NC1=COCC2=C3B(OCC=C13)OC2. The Morgan fingerprint density at radius 1 is 1.29 bits per heavy atom. The third-order valence-corrected chi connectivity index (χ3v) is 2.63. The zero-order valence-corrected chi connectivity index (χ0v) is 7.66. The molecule has 3 heterocycles. The summed E-state index contributed by atoms with van der Waals surface area (Å²) in [4.78, 5) is 0. The van der Waals surface area contributed by atoms with Gasteiger partial charge in [0, 0.05) is 0 Å². The lowest BCUT2D eigenvalue weighted by Crippen LogP contribution is -2.28. The Bertz CT molecular complexity index is 372. The first-order chi connectivity index (χ1) is 6.86. The smallest absolute Gasteiger partial charge is 0.495 e. The molecular formula is C9H10BNO3. The summed E-state index contributed by atoms with van der Waals surface area (Å²) in [7, 11) is -0.237. The largest absolute Gasteiger partial charge is 0.495 e. The summed E-state index contributed by atoms with van der Waals surface area (Å²) >= 11 is 0. The van der Waals surface area contributed by atoms with E-state index in [0.717, 1.165) is 16.6 Å². The van der Waals surface area contributed by atoms with Gasteiger partial charge in [0.15, 0.2) is 0 Å². The molecule has 14 heavy (non-hydrogen) atoms. The summed E-state index contributed by atoms with van der Waals surface area (Å²) in [6.07, 6.45) is 3.58. The Balaban J connectivity index is 2.13. The monoisotopic (exact) mass is 191 g/mol. The van der Waals surface area contributed by atoms with E-state index in [-0.39, 0.29) is 7.12 Å². The van der Waals surface area contributed by atoms with Gasteiger partial charge in [0.2, 0.25) is 0 Å². The van der Waals surface area contributed by atoms with Crippen LogP contribution in [-0.4, -0.2) is 26.9 Å². The molecule has 72 valence electrons. The maximum Gasteiger partial charge on any atom is 0.495 e. The van der Waals surface area contributed by atoms with E-state index in [1.807, 2.05) is 6.08 Å². The van der Waals surface area contributed by atoms with Crippen LogP contribution < -0.4 is 5.73 Å². The van der Waals surface area contributed by atoms with Crippen LogP contribution >= 0.6 is 0 Å². The second-order valence-electron chi connectivity index (χ2n) is 3.50. The van der Waals surface area contributed by atoms with Gasteiger partial charge in [-0.05, 0) is 16.6 Å². The minimum absolute atomic E-state index is 0.237. The summed E-state index contributed by atoms with van der Waals surface area (Å²) < 4.78 is 16.2. The highest BCUT2D eigenvalue weighted by Gasteiger charge is 2.39. The second-order valence-corrected chi connectivity index (χ2v) is 3.50. The van der Waals surface area contributed by atoms with Crippen LogP contribution in [0.1, 0.15) is 0 Å². The normalized spacial score (nSPS) is 25.0. The maximum absolute atomic E-state index is 5.86. The number of hydrogen-bond acceptors (Lipinski definition) is 4. The van der Waals surface area contributed by atoms with E-state index >= 15 is 0 Å². The number of ether oxygens (including phenoxy) is 1. The van der Waals surface area contributed by atoms with Gasteiger partial charge in [0.25, 0.3) is 0 Å². The average Bonchev–Trinajstić information content (AvgIpc) is 2.53. The molecule has 0 atom stereocenters. The van der Waals surface area contributed by atoms with Gasteiger partial charge >= 0.3 is 7.12 Å². The van der Waals surface area contributed by atoms with Crippen LogP contribution in [0.15, 0.2) is 34.7 Å². The maximum atomic E-state index is 5.86. The highest BCUT2D eigenvalue weighted by Crippen LogP contribution is 2.33. The minimum atomic E-state index is -0.237. The van der Waals surface area contributed by atoms with E-state index in [2.05, 4.69) is 0 Å². The summed E-state index contributed by atoms with van der Waals surface area (Å²) in [6, 6.07) is 0. The molecule has 3 rings (SSSR count). The van der Waals surface area contributed by atoms with Crippen molar-refractivity contribution in [2.45, 2.75) is 0 Å². The van der Waals surface area contributed by atoms with Crippen molar-refractivity contribution in [1.29, 1.82) is 0 Å². The quantitative estimate of drug-likeness (QED) is 0.552. The molecule has 0 radical (unpaired) electrons. The summed E-state index contributed by atoms with van der Waals surface area (Å²) in [5.41, 5.74) is 9.75. The lowest BCUT2D eigenvalue weighted by Gasteiger charge is -2.18. The number of hydrogen-bond donors (Lipinski definition) is 1. The number of allylic oxidation sites excluding steroid dienone is 1. The lowest BCUT2D eigenvalue weighted by molar-refractivity contribution is 0.228. The Hall–Kier alpha value is -1.20. The fourth-order valence-electron chi connectivity index (χ4n) is 1.97. The van der Waals surface area contributed by atoms with Gasteiger partial charge in [-0.2, -0.15) is 0 Å². The average molecular weight is 191 g/mol. The molecule has 0 saturated carbocycles. The standard InChI is InChI=1S/C9H10BNO3/c11-8-5-12-3-6-4-14-10-9(6)7(8)1-2-13-10/h1,5H,2-4,11H2. The lowest BCUT2D eigenvalue weighted by atomic mass is 9.71. The van der Waals surface area contributed by atoms with Gasteiger partial charge in [0.05, 0.1) is 18.9 Å². The predicted octanol–water partition coefficient (Wildman–Crippen LogP) is 0.127. The highest BCUT2D eigenvalue weighted by atomic mass is 16.6. The summed E-state index contributed by atoms with van der Waals surface area (Å²) in [5.74, 6) is 0. The minimum Gasteiger partial charge on any atom is -0.495 e. The Morgan fingerprint density at radius 3 is 3.14 bits per heavy atom. The van der Waals surface area contributed by atoms with Crippen LogP contribution in [0, 0.1) is 0 Å². The van der Waals surface area contributed by atoms with Crippen molar-refractivity contribution in [2.75, 3.05) is 19.8 Å². The van der Waals surface area contributed by atoms with Crippen molar-refractivity contribution >= 4 is 7.12 Å². The number of rotatable bonds is 0. The molecule has 0 aromatic rings. The van der Waals surface area contributed by atoms with Crippen LogP contribution in [0.3, 0.4) is 0 Å². The predicted molar refractivity (Wildman–Crippen MR) is 51.0 cm³/mol. The molecule has 0 bridgehead atoms. The van der Waals surface area contributed by atoms with E-state index in [1.54, 1.807) is 6.26 Å². The Labute approximate surface area is 82.1 Å². The van der Waals surface area contributed by atoms with Crippen molar-refractivity contribution in [3.63, 3.8) is 0 Å². The van der Waals surface area contributed by atoms with Crippen LogP contribution in [0.5, 0.6) is 0 Å². The van der Waals surface area contributed by atoms with E-state index in [0.29, 0.717) is 25.5 Å². The molecule has 0 aliphatic carbocycles. The Morgan fingerprint density at radius 2 is 2.21 bits per heavy atom. The molecule has 5 heteroatoms. The molecular weight excluding hydrogens is 181 g/mol. The van der Waals surface area contributed by atoms with Gasteiger partial charge in [-0.15, -0.1) is 0 Å². The fraction of sp³-hybridized carbons (Fsp3) is 0.333. The van der Waals surface area contributed by atoms with Gasteiger partial charge in [-0.25, -0.2) is 0 Å². The number of nitrogens with two attached hydrogens (primary N) is 1. The zero-order chi connectivity index (χ0) is 9.54. The third-order valence-electron chi connectivity index (χ3n) is 2.63.